The number of aryl methyl sites for hydroxylation is 1. The molecule has 0 aromatic carbocycles. The number of hydrogen-bond donors (Lipinski definition) is 0. The normalized spacial score (nSPS) is 22.8. The van der Waals surface area contributed by atoms with Crippen LogP contribution < -0.4 is 0 Å². The fourth-order valence-corrected chi connectivity index (χ4v) is 1.72. The summed E-state index contributed by atoms with van der Waals surface area (Å²) in [5.41, 5.74) is 2.79. The largest absolute Gasteiger partial charge is 0.261 e. The Morgan fingerprint density at radius 3 is 3.36 bits per heavy atom. The van der Waals surface area contributed by atoms with Crippen LogP contribution in [-0.2, 0) is 12.8 Å². The molecule has 0 spiro atoms. The smallest absolute Gasteiger partial charge is 0.0438 e. The molecule has 1 nitrogen and oxygen atoms in total. The van der Waals surface area contributed by atoms with Crippen LogP contribution >= 0.6 is 0 Å². The molecule has 1 aromatic rings. The molecule has 0 unspecified atom stereocenters. The molecule has 0 amide bonds. The second-order valence-corrected chi connectivity index (χ2v) is 3.46. The van der Waals surface area contributed by atoms with Crippen LogP contribution in [0, 0.1) is 5.92 Å². The lowest BCUT2D eigenvalue weighted by atomic mass is 9.88. The van der Waals surface area contributed by atoms with Crippen LogP contribution in [-0.4, -0.2) is 4.98 Å². The predicted octanol–water partition coefficient (Wildman–Crippen LogP) is 2.21. The van der Waals surface area contributed by atoms with Crippen molar-refractivity contribution in [2.75, 3.05) is 0 Å². The van der Waals surface area contributed by atoms with Crippen LogP contribution in [0.2, 0.25) is 0 Å². The molecule has 1 atom stereocenters. The first-order chi connectivity index (χ1) is 5.36. The number of pyridine rings is 1. The number of hydrogen-bond acceptors (Lipinski definition) is 1. The van der Waals surface area contributed by atoms with Crippen LogP contribution in [0.25, 0.3) is 0 Å². The molecular formula is C10H13N. The third-order valence-electron chi connectivity index (χ3n) is 2.43. The quantitative estimate of drug-likeness (QED) is 0.548. The third kappa shape index (κ3) is 1.28. The first-order valence-electron chi connectivity index (χ1n) is 4.29. The van der Waals surface area contributed by atoms with E-state index in [0.29, 0.717) is 0 Å². The van der Waals surface area contributed by atoms with Gasteiger partial charge >= 0.3 is 0 Å². The molecule has 1 heteroatoms. The lowest BCUT2D eigenvalue weighted by Gasteiger charge is -2.19. The van der Waals surface area contributed by atoms with Crippen LogP contribution in [0.5, 0.6) is 0 Å². The van der Waals surface area contributed by atoms with Crippen LogP contribution in [0.1, 0.15) is 24.6 Å². The van der Waals surface area contributed by atoms with Gasteiger partial charge in [-0.15, -0.1) is 0 Å². The summed E-state index contributed by atoms with van der Waals surface area (Å²) in [7, 11) is 0. The van der Waals surface area contributed by atoms with Gasteiger partial charge < -0.3 is 0 Å². The maximum Gasteiger partial charge on any atom is 0.0438 e. The predicted molar refractivity (Wildman–Crippen MR) is 45.4 cm³/mol. The van der Waals surface area contributed by atoms with Crippen LogP contribution in [0.4, 0.5) is 0 Å². The minimum absolute atomic E-state index is 0.831. The van der Waals surface area contributed by atoms with E-state index in [1.807, 2.05) is 12.3 Å². The standard InChI is InChI=1S/C10H13N/c1-8-4-5-9-3-2-6-11-10(9)7-8/h2-3,6,8H,4-5,7H2,1H3/t8-/m0/s1. The molecule has 0 saturated carbocycles. The van der Waals surface area contributed by atoms with Gasteiger partial charge in [0.2, 0.25) is 0 Å². The molecule has 1 heterocycles. The van der Waals surface area contributed by atoms with Crippen molar-refractivity contribution in [1.29, 1.82) is 0 Å². The van der Waals surface area contributed by atoms with Gasteiger partial charge in [-0.3, -0.25) is 4.98 Å². The first-order valence-corrected chi connectivity index (χ1v) is 4.29. The summed E-state index contributed by atoms with van der Waals surface area (Å²) >= 11 is 0. The molecule has 1 aliphatic carbocycles. The fourth-order valence-electron chi connectivity index (χ4n) is 1.72. The van der Waals surface area contributed by atoms with E-state index in [4.69, 9.17) is 0 Å². The molecule has 0 bridgehead atoms. The van der Waals surface area contributed by atoms with E-state index >= 15 is 0 Å². The fraction of sp³-hybridized carbons (Fsp3) is 0.500. The average molecular weight is 147 g/mol. The molecule has 1 aliphatic rings. The van der Waals surface area contributed by atoms with Crippen molar-refractivity contribution in [2.45, 2.75) is 26.2 Å². The van der Waals surface area contributed by atoms with Crippen molar-refractivity contribution in [2.24, 2.45) is 5.92 Å². The summed E-state index contributed by atoms with van der Waals surface area (Å²) in [5, 5.41) is 0. The van der Waals surface area contributed by atoms with Crippen molar-refractivity contribution in [1.82, 2.24) is 4.98 Å². The monoisotopic (exact) mass is 147 g/mol. The van der Waals surface area contributed by atoms with E-state index in [2.05, 4.69) is 18.0 Å². The Kier molecular flexibility index (Phi) is 1.65. The van der Waals surface area contributed by atoms with Gasteiger partial charge in [-0.05, 0) is 36.8 Å². The molecule has 0 saturated heterocycles. The topological polar surface area (TPSA) is 12.9 Å². The lowest BCUT2D eigenvalue weighted by molar-refractivity contribution is 0.492. The lowest BCUT2D eigenvalue weighted by Crippen LogP contribution is -2.12. The molecule has 11 heavy (non-hydrogen) atoms. The van der Waals surface area contributed by atoms with Gasteiger partial charge in [0.25, 0.3) is 0 Å². The average Bonchev–Trinajstić information content (AvgIpc) is 2.04. The summed E-state index contributed by atoms with van der Waals surface area (Å²) in [6.07, 6.45) is 5.64. The zero-order chi connectivity index (χ0) is 7.68. The van der Waals surface area contributed by atoms with Crippen molar-refractivity contribution in [3.8, 4) is 0 Å². The van der Waals surface area contributed by atoms with E-state index in [9.17, 15) is 0 Å². The number of fused-ring (bicyclic) bond motifs is 1. The Morgan fingerprint density at radius 1 is 1.55 bits per heavy atom. The SMILES string of the molecule is C[C@H]1CCc2cccnc2C1. The summed E-state index contributed by atoms with van der Waals surface area (Å²) in [4.78, 5) is 4.37. The summed E-state index contributed by atoms with van der Waals surface area (Å²) in [6, 6.07) is 4.24. The Labute approximate surface area is 67.5 Å². The van der Waals surface area contributed by atoms with E-state index in [1.165, 1.54) is 30.5 Å². The molecule has 1 aromatic heterocycles. The second-order valence-electron chi connectivity index (χ2n) is 3.46. The highest BCUT2D eigenvalue weighted by atomic mass is 14.7. The van der Waals surface area contributed by atoms with E-state index in [1.54, 1.807) is 0 Å². The van der Waals surface area contributed by atoms with E-state index in [-0.39, 0.29) is 0 Å². The summed E-state index contributed by atoms with van der Waals surface area (Å²) < 4.78 is 0. The van der Waals surface area contributed by atoms with Gasteiger partial charge in [-0.2, -0.15) is 0 Å². The van der Waals surface area contributed by atoms with E-state index < -0.39 is 0 Å². The van der Waals surface area contributed by atoms with Crippen molar-refractivity contribution < 1.29 is 0 Å². The minimum atomic E-state index is 0.831. The van der Waals surface area contributed by atoms with Crippen molar-refractivity contribution >= 4 is 0 Å². The highest BCUT2D eigenvalue weighted by molar-refractivity contribution is 5.22. The Hall–Kier alpha value is -0.850. The van der Waals surface area contributed by atoms with Crippen molar-refractivity contribution in [3.05, 3.63) is 29.6 Å². The second kappa shape index (κ2) is 2.65. The minimum Gasteiger partial charge on any atom is -0.261 e. The summed E-state index contributed by atoms with van der Waals surface area (Å²) in [6.45, 7) is 2.30. The van der Waals surface area contributed by atoms with Crippen LogP contribution in [0.3, 0.4) is 0 Å². The van der Waals surface area contributed by atoms with Gasteiger partial charge in [0.15, 0.2) is 0 Å². The zero-order valence-electron chi connectivity index (χ0n) is 6.88. The molecular weight excluding hydrogens is 134 g/mol. The Balaban J connectivity index is 2.34. The number of rotatable bonds is 0. The van der Waals surface area contributed by atoms with Gasteiger partial charge in [-0.1, -0.05) is 13.0 Å². The molecule has 0 fully saturated rings. The molecule has 2 rings (SSSR count). The maximum absolute atomic E-state index is 4.37. The van der Waals surface area contributed by atoms with Gasteiger partial charge in [0.1, 0.15) is 0 Å². The van der Waals surface area contributed by atoms with Gasteiger partial charge in [0, 0.05) is 11.9 Å². The van der Waals surface area contributed by atoms with E-state index in [0.717, 1.165) is 5.92 Å². The summed E-state index contributed by atoms with van der Waals surface area (Å²) in [5.74, 6) is 0.831. The van der Waals surface area contributed by atoms with Crippen LogP contribution in [0.15, 0.2) is 18.3 Å². The van der Waals surface area contributed by atoms with Gasteiger partial charge in [0.05, 0.1) is 0 Å². The highest BCUT2D eigenvalue weighted by Crippen LogP contribution is 2.22. The molecule has 0 aliphatic heterocycles. The zero-order valence-corrected chi connectivity index (χ0v) is 6.88. The third-order valence-corrected chi connectivity index (χ3v) is 2.43. The molecule has 0 N–H and O–H groups in total. The highest BCUT2D eigenvalue weighted by Gasteiger charge is 2.14. The maximum atomic E-state index is 4.37. The Bertz CT molecular complexity index is 255. The van der Waals surface area contributed by atoms with Gasteiger partial charge in [-0.25, -0.2) is 0 Å². The first kappa shape index (κ1) is 6.84. The number of nitrogens with zero attached hydrogens (tertiary/aromatic N) is 1. The molecule has 58 valence electrons. The van der Waals surface area contributed by atoms with Crippen molar-refractivity contribution in [3.63, 3.8) is 0 Å². The number of aromatic nitrogens is 1. The molecule has 0 radical (unpaired) electrons. The Morgan fingerprint density at radius 2 is 2.45 bits per heavy atom.